The number of methoxy groups -OCH3 is 1. The van der Waals surface area contributed by atoms with E-state index in [0.29, 0.717) is 0 Å². The standard InChI is InChI=1S/C8H9NO5S/c1-14-5-2-3-7(15(9,12)13)6(4-5)8(10)11/h2-4H,1H3,(H,10,11)(H2,9,12,13). The third-order valence-corrected chi connectivity index (χ3v) is 2.69. The van der Waals surface area contributed by atoms with Crippen molar-refractivity contribution in [1.82, 2.24) is 0 Å². The summed E-state index contributed by atoms with van der Waals surface area (Å²) >= 11 is 0. The molecule has 0 amide bonds. The molecule has 15 heavy (non-hydrogen) atoms. The van der Waals surface area contributed by atoms with E-state index in [1.54, 1.807) is 0 Å². The van der Waals surface area contributed by atoms with Crippen molar-refractivity contribution >= 4 is 16.0 Å². The summed E-state index contributed by atoms with van der Waals surface area (Å²) in [5.74, 6) is -1.13. The molecule has 0 atom stereocenters. The topological polar surface area (TPSA) is 107 Å². The van der Waals surface area contributed by atoms with Crippen molar-refractivity contribution in [2.45, 2.75) is 4.90 Å². The van der Waals surface area contributed by atoms with Crippen molar-refractivity contribution in [2.24, 2.45) is 5.14 Å². The van der Waals surface area contributed by atoms with Crippen LogP contribution in [0.15, 0.2) is 23.1 Å². The van der Waals surface area contributed by atoms with Gasteiger partial charge in [0.25, 0.3) is 0 Å². The Morgan fingerprint density at radius 3 is 2.47 bits per heavy atom. The smallest absolute Gasteiger partial charge is 0.337 e. The predicted molar refractivity (Wildman–Crippen MR) is 51.3 cm³/mol. The molecule has 0 unspecified atom stereocenters. The van der Waals surface area contributed by atoms with Gasteiger partial charge in [-0.3, -0.25) is 0 Å². The molecule has 1 rings (SSSR count). The monoisotopic (exact) mass is 231 g/mol. The lowest BCUT2D eigenvalue weighted by Gasteiger charge is -2.05. The highest BCUT2D eigenvalue weighted by molar-refractivity contribution is 7.89. The van der Waals surface area contributed by atoms with Gasteiger partial charge < -0.3 is 9.84 Å². The molecule has 0 spiro atoms. The van der Waals surface area contributed by atoms with E-state index in [1.807, 2.05) is 0 Å². The average molecular weight is 231 g/mol. The number of hydrogen-bond donors (Lipinski definition) is 2. The Morgan fingerprint density at radius 2 is 2.07 bits per heavy atom. The Hall–Kier alpha value is -1.60. The molecule has 0 aromatic heterocycles. The van der Waals surface area contributed by atoms with E-state index in [4.69, 9.17) is 15.0 Å². The van der Waals surface area contributed by atoms with Gasteiger partial charge in [0.05, 0.1) is 17.6 Å². The fourth-order valence-corrected chi connectivity index (χ4v) is 1.76. The quantitative estimate of drug-likeness (QED) is 0.763. The Labute approximate surface area is 86.3 Å². The summed E-state index contributed by atoms with van der Waals surface area (Å²) in [6.07, 6.45) is 0. The summed E-state index contributed by atoms with van der Waals surface area (Å²) in [4.78, 5) is 10.3. The molecule has 0 aliphatic carbocycles. The number of primary sulfonamides is 1. The lowest BCUT2D eigenvalue weighted by atomic mass is 10.2. The molecule has 6 nitrogen and oxygen atoms in total. The summed E-state index contributed by atoms with van der Waals surface area (Å²) in [5.41, 5.74) is -0.406. The fourth-order valence-electron chi connectivity index (χ4n) is 1.05. The van der Waals surface area contributed by atoms with Gasteiger partial charge in [0.2, 0.25) is 10.0 Å². The van der Waals surface area contributed by atoms with Crippen LogP contribution in [-0.2, 0) is 10.0 Å². The Kier molecular flexibility index (Phi) is 2.96. The van der Waals surface area contributed by atoms with E-state index >= 15 is 0 Å². The summed E-state index contributed by atoms with van der Waals surface area (Å²) in [6, 6.07) is 3.52. The minimum atomic E-state index is -4.04. The van der Waals surface area contributed by atoms with E-state index in [-0.39, 0.29) is 5.75 Å². The second-order valence-electron chi connectivity index (χ2n) is 2.71. The maximum Gasteiger partial charge on any atom is 0.337 e. The SMILES string of the molecule is COc1ccc(S(N)(=O)=O)c(C(=O)O)c1. The van der Waals surface area contributed by atoms with Crippen LogP contribution in [0.3, 0.4) is 0 Å². The number of aromatic carboxylic acids is 1. The number of rotatable bonds is 3. The minimum absolute atomic E-state index is 0.250. The molecule has 7 heteroatoms. The van der Waals surface area contributed by atoms with Crippen molar-refractivity contribution in [1.29, 1.82) is 0 Å². The second-order valence-corrected chi connectivity index (χ2v) is 4.24. The molecule has 0 aliphatic rings. The third kappa shape index (κ3) is 2.45. The molecule has 0 aliphatic heterocycles. The van der Waals surface area contributed by atoms with E-state index in [9.17, 15) is 13.2 Å². The van der Waals surface area contributed by atoms with Gasteiger partial charge in [0, 0.05) is 0 Å². The normalized spacial score (nSPS) is 11.1. The van der Waals surface area contributed by atoms with Crippen molar-refractivity contribution < 1.29 is 23.1 Å². The molecule has 0 heterocycles. The van der Waals surface area contributed by atoms with Crippen LogP contribution in [0.1, 0.15) is 10.4 Å². The molecule has 0 fully saturated rings. The first kappa shape index (κ1) is 11.5. The Bertz CT molecular complexity index is 494. The maximum atomic E-state index is 11.0. The van der Waals surface area contributed by atoms with Crippen LogP contribution in [0.25, 0.3) is 0 Å². The van der Waals surface area contributed by atoms with Crippen LogP contribution >= 0.6 is 0 Å². The van der Waals surface area contributed by atoms with Crippen LogP contribution in [0.4, 0.5) is 0 Å². The van der Waals surface area contributed by atoms with E-state index < -0.39 is 26.5 Å². The van der Waals surface area contributed by atoms with E-state index in [2.05, 4.69) is 0 Å². The lowest BCUT2D eigenvalue weighted by Crippen LogP contribution is -2.16. The number of ether oxygens (including phenoxy) is 1. The highest BCUT2D eigenvalue weighted by Crippen LogP contribution is 2.20. The zero-order valence-corrected chi connectivity index (χ0v) is 8.61. The van der Waals surface area contributed by atoms with Crippen LogP contribution in [0, 0.1) is 0 Å². The molecule has 0 radical (unpaired) electrons. The van der Waals surface area contributed by atoms with Crippen LogP contribution in [0.5, 0.6) is 5.75 Å². The highest BCUT2D eigenvalue weighted by Gasteiger charge is 2.19. The lowest BCUT2D eigenvalue weighted by molar-refractivity contribution is 0.0692. The van der Waals surface area contributed by atoms with Crippen LogP contribution in [0.2, 0.25) is 0 Å². The fraction of sp³-hybridized carbons (Fsp3) is 0.125. The molecule has 0 bridgehead atoms. The number of nitrogens with two attached hydrogens (primary N) is 1. The predicted octanol–water partition coefficient (Wildman–Crippen LogP) is 0.0408. The van der Waals surface area contributed by atoms with Gasteiger partial charge in [-0.15, -0.1) is 0 Å². The zero-order valence-electron chi connectivity index (χ0n) is 7.80. The molecular weight excluding hydrogens is 222 g/mol. The van der Waals surface area contributed by atoms with E-state index in [0.717, 1.165) is 12.1 Å². The first-order valence-electron chi connectivity index (χ1n) is 3.80. The molecule has 1 aromatic rings. The van der Waals surface area contributed by atoms with Crippen LogP contribution < -0.4 is 9.88 Å². The molecule has 1 aromatic carbocycles. The number of carboxylic acids is 1. The van der Waals surface area contributed by atoms with Crippen molar-refractivity contribution in [2.75, 3.05) is 7.11 Å². The van der Waals surface area contributed by atoms with Crippen molar-refractivity contribution in [3.8, 4) is 5.75 Å². The largest absolute Gasteiger partial charge is 0.497 e. The summed E-state index contributed by atoms with van der Waals surface area (Å²) in [6.45, 7) is 0. The number of sulfonamides is 1. The highest BCUT2D eigenvalue weighted by atomic mass is 32.2. The Balaban J connectivity index is 3.48. The molecule has 0 saturated carbocycles. The Morgan fingerprint density at radius 1 is 1.47 bits per heavy atom. The maximum absolute atomic E-state index is 11.0. The van der Waals surface area contributed by atoms with Gasteiger partial charge in [-0.05, 0) is 18.2 Å². The van der Waals surface area contributed by atoms with Gasteiger partial charge in [-0.25, -0.2) is 18.4 Å². The first-order chi connectivity index (χ1) is 6.86. The number of hydrogen-bond acceptors (Lipinski definition) is 4. The van der Waals surface area contributed by atoms with Gasteiger partial charge in [0.15, 0.2) is 0 Å². The number of carboxylic acid groups (broad SMARTS) is 1. The van der Waals surface area contributed by atoms with Crippen molar-refractivity contribution in [3.05, 3.63) is 23.8 Å². The van der Waals surface area contributed by atoms with Crippen molar-refractivity contribution in [3.63, 3.8) is 0 Å². The molecule has 3 N–H and O–H groups in total. The number of carbonyl (C=O) groups is 1. The first-order valence-corrected chi connectivity index (χ1v) is 5.35. The minimum Gasteiger partial charge on any atom is -0.497 e. The van der Waals surface area contributed by atoms with Gasteiger partial charge >= 0.3 is 5.97 Å². The summed E-state index contributed by atoms with van der Waals surface area (Å²) in [7, 11) is -2.70. The van der Waals surface area contributed by atoms with E-state index in [1.165, 1.54) is 13.2 Å². The average Bonchev–Trinajstić information content (AvgIpc) is 2.15. The second kappa shape index (κ2) is 3.87. The molecular formula is C8H9NO5S. The van der Waals surface area contributed by atoms with Gasteiger partial charge in [0.1, 0.15) is 5.75 Å². The summed E-state index contributed by atoms with van der Waals surface area (Å²) in [5, 5.41) is 13.6. The number of benzene rings is 1. The summed E-state index contributed by atoms with van der Waals surface area (Å²) < 4.78 is 26.8. The molecule has 0 saturated heterocycles. The van der Waals surface area contributed by atoms with Gasteiger partial charge in [-0.1, -0.05) is 0 Å². The zero-order chi connectivity index (χ0) is 11.6. The van der Waals surface area contributed by atoms with Crippen LogP contribution in [-0.4, -0.2) is 26.6 Å². The third-order valence-electron chi connectivity index (χ3n) is 1.72. The van der Waals surface area contributed by atoms with Gasteiger partial charge in [-0.2, -0.15) is 0 Å². The molecule has 82 valence electrons.